The second-order valence-electron chi connectivity index (χ2n) is 20.3. The predicted molar refractivity (Wildman–Crippen MR) is 294 cm³/mol. The lowest BCUT2D eigenvalue weighted by Gasteiger charge is -2.30. The highest BCUT2D eigenvalue weighted by molar-refractivity contribution is 6.22. The summed E-state index contributed by atoms with van der Waals surface area (Å²) < 4.78 is 20.6. The van der Waals surface area contributed by atoms with Gasteiger partial charge in [-0.1, -0.05) is 169 Å². The van der Waals surface area contributed by atoms with Crippen LogP contribution in [-0.2, 0) is 11.2 Å². The minimum Gasteiger partial charge on any atom is -0.485 e. The Morgan fingerprint density at radius 3 is 2.37 bits per heavy atom. The molecule has 4 aliphatic carbocycles. The number of rotatable bonds is 9. The molecule has 4 heteroatoms. The van der Waals surface area contributed by atoms with Crippen LogP contribution in [0.4, 0.5) is 17.1 Å². The van der Waals surface area contributed by atoms with Gasteiger partial charge >= 0.3 is 0 Å². The van der Waals surface area contributed by atoms with Crippen molar-refractivity contribution >= 4 is 77.8 Å². The first-order chi connectivity index (χ1) is 35.0. The van der Waals surface area contributed by atoms with Gasteiger partial charge in [-0.2, -0.15) is 0 Å². The zero-order chi connectivity index (χ0) is 47.2. The molecule has 7 aromatic carbocycles. The number of nitrogens with zero attached hydrogens (tertiary/aromatic N) is 1. The van der Waals surface area contributed by atoms with Crippen molar-refractivity contribution in [3.05, 3.63) is 251 Å². The highest BCUT2D eigenvalue weighted by Gasteiger charge is 2.47. The van der Waals surface area contributed by atoms with Gasteiger partial charge in [0.25, 0.3) is 0 Å². The summed E-state index contributed by atoms with van der Waals surface area (Å²) in [7, 11) is 0. The molecule has 0 fully saturated rings. The molecule has 0 saturated carbocycles. The largest absolute Gasteiger partial charge is 0.485 e. The zero-order valence-electron chi connectivity index (χ0n) is 39.9. The summed E-state index contributed by atoms with van der Waals surface area (Å²) in [4.78, 5) is 2.29. The van der Waals surface area contributed by atoms with Crippen molar-refractivity contribution in [1.82, 2.24) is 0 Å². The van der Waals surface area contributed by atoms with Crippen molar-refractivity contribution in [2.75, 3.05) is 4.90 Å². The van der Waals surface area contributed by atoms with Crippen LogP contribution in [-0.4, -0.2) is 6.10 Å². The minimum atomic E-state index is -0.156. The Labute approximate surface area is 414 Å². The average Bonchev–Trinajstić information content (AvgIpc) is 4.09. The number of anilines is 3. The molecule has 14 rings (SSSR count). The van der Waals surface area contributed by atoms with E-state index < -0.39 is 0 Å². The topological polar surface area (TPSA) is 38.8 Å². The summed E-state index contributed by atoms with van der Waals surface area (Å²) in [5, 5.41) is 6.98. The standard InChI is InChI=1S/C67H53NO3/c1-42-38-57(64-58(39-42)67(2)37-14-13-26-62(67)71-64)49(34-27-43-16-5-3-6-17-43)45-30-28-44(29-31-45)46-32-35-54-56(40-46)50-20-9-10-22-52(50)63-55-36-33-48(41-61(55)70-66(54)63)68(47-18-7-4-8-19-47)59-24-15-23-53-51-21-11-12-25-60(51)69-65(53)59/h4-5,7-26,28-33,35-38,41,46,49,62H,1,3,6,27,34,39-40H2,2H3. The third-order valence-electron chi connectivity index (χ3n) is 16.1. The molecule has 0 spiro atoms. The summed E-state index contributed by atoms with van der Waals surface area (Å²) in [5.74, 6) is 1.47. The Bertz CT molecular complexity index is 3900. The summed E-state index contributed by atoms with van der Waals surface area (Å²) in [6.07, 6.45) is 29.0. The first kappa shape index (κ1) is 41.9. The third-order valence-corrected chi connectivity index (χ3v) is 16.1. The normalized spacial score (nSPS) is 20.7. The Morgan fingerprint density at radius 2 is 1.51 bits per heavy atom. The van der Waals surface area contributed by atoms with E-state index in [9.17, 15) is 0 Å². The fraction of sp³-hybridized carbons (Fsp3) is 0.164. The van der Waals surface area contributed by atoms with E-state index in [-0.39, 0.29) is 23.4 Å². The van der Waals surface area contributed by atoms with Gasteiger partial charge in [0, 0.05) is 56.3 Å². The SMILES string of the molecule is C=C1C=C(C(CCC2=CCCC=C2)c2ccc(C3C=Cc4c(c5ccccc5c5c4oc4cc(N(c6ccccc6)c6cccc7c6oc6ccccc67)ccc45)C3)cc2)C2=C(C1)C1(C)C=CC=CC1O2. The summed E-state index contributed by atoms with van der Waals surface area (Å²) in [5.41, 5.74) is 16.8. The van der Waals surface area contributed by atoms with E-state index in [4.69, 9.17) is 13.6 Å². The van der Waals surface area contributed by atoms with Crippen molar-refractivity contribution in [3.63, 3.8) is 0 Å². The van der Waals surface area contributed by atoms with Gasteiger partial charge in [-0.3, -0.25) is 0 Å². The molecule has 4 nitrogen and oxygen atoms in total. The van der Waals surface area contributed by atoms with E-state index >= 15 is 0 Å². The smallest absolute Gasteiger partial charge is 0.159 e. The molecule has 5 aliphatic rings. The van der Waals surface area contributed by atoms with Crippen LogP contribution in [0.5, 0.6) is 0 Å². The van der Waals surface area contributed by atoms with Gasteiger partial charge in [0.15, 0.2) is 5.58 Å². The fourth-order valence-electron chi connectivity index (χ4n) is 12.5. The maximum Gasteiger partial charge on any atom is 0.159 e. The van der Waals surface area contributed by atoms with Crippen LogP contribution in [0.1, 0.15) is 73.1 Å². The van der Waals surface area contributed by atoms with Gasteiger partial charge in [0.1, 0.15) is 28.6 Å². The molecule has 9 aromatic rings. The molecule has 0 N–H and O–H groups in total. The van der Waals surface area contributed by atoms with Gasteiger partial charge < -0.3 is 18.5 Å². The van der Waals surface area contributed by atoms with E-state index in [1.807, 2.05) is 12.1 Å². The second-order valence-corrected chi connectivity index (χ2v) is 20.3. The zero-order valence-corrected chi connectivity index (χ0v) is 39.9. The van der Waals surface area contributed by atoms with Crippen LogP contribution < -0.4 is 4.90 Å². The maximum absolute atomic E-state index is 7.10. The molecule has 1 aliphatic heterocycles. The minimum absolute atomic E-state index is 0.00864. The van der Waals surface area contributed by atoms with Crippen molar-refractivity contribution in [1.29, 1.82) is 0 Å². The molecular formula is C67H53NO3. The van der Waals surface area contributed by atoms with Gasteiger partial charge in [0.05, 0.1) is 16.8 Å². The average molecular weight is 920 g/mol. The van der Waals surface area contributed by atoms with Crippen molar-refractivity contribution in [2.45, 2.75) is 63.4 Å². The van der Waals surface area contributed by atoms with Crippen LogP contribution in [0.25, 0.3) is 60.7 Å². The van der Waals surface area contributed by atoms with E-state index in [1.165, 1.54) is 49.7 Å². The quantitative estimate of drug-likeness (QED) is 0.145. The molecule has 3 heterocycles. The Balaban J connectivity index is 0.827. The van der Waals surface area contributed by atoms with E-state index in [0.717, 1.165) is 111 Å². The van der Waals surface area contributed by atoms with Crippen LogP contribution in [0.3, 0.4) is 0 Å². The first-order valence-electron chi connectivity index (χ1n) is 25.4. The predicted octanol–water partition coefficient (Wildman–Crippen LogP) is 18.3. The number of allylic oxidation sites excluding steroid dienone is 10. The van der Waals surface area contributed by atoms with Crippen LogP contribution in [0.2, 0.25) is 0 Å². The van der Waals surface area contributed by atoms with Crippen molar-refractivity contribution in [3.8, 4) is 0 Å². The molecule has 0 bridgehead atoms. The lowest BCUT2D eigenvalue weighted by Crippen LogP contribution is -2.28. The molecule has 0 amide bonds. The number of hydrogen-bond donors (Lipinski definition) is 0. The van der Waals surface area contributed by atoms with Crippen LogP contribution in [0.15, 0.2) is 238 Å². The van der Waals surface area contributed by atoms with Gasteiger partial charge in [-0.05, 0) is 121 Å². The fourth-order valence-corrected chi connectivity index (χ4v) is 12.5. The summed E-state index contributed by atoms with van der Waals surface area (Å²) >= 11 is 0. The summed E-state index contributed by atoms with van der Waals surface area (Å²) in [6, 6.07) is 50.4. The highest BCUT2D eigenvalue weighted by atomic mass is 16.5. The number of ether oxygens (including phenoxy) is 1. The monoisotopic (exact) mass is 919 g/mol. The molecule has 0 radical (unpaired) electrons. The molecule has 344 valence electrons. The molecule has 4 unspecified atom stereocenters. The maximum atomic E-state index is 7.10. The molecular weight excluding hydrogens is 867 g/mol. The van der Waals surface area contributed by atoms with Crippen molar-refractivity contribution in [2.24, 2.45) is 5.41 Å². The van der Waals surface area contributed by atoms with E-state index in [2.05, 4.69) is 207 Å². The van der Waals surface area contributed by atoms with E-state index in [0.29, 0.717) is 0 Å². The number of hydrogen-bond acceptors (Lipinski definition) is 4. The lowest BCUT2D eigenvalue weighted by atomic mass is 9.70. The molecule has 4 atom stereocenters. The number of furan rings is 2. The number of fused-ring (bicyclic) bond motifs is 13. The summed E-state index contributed by atoms with van der Waals surface area (Å²) in [6.45, 7) is 6.90. The van der Waals surface area contributed by atoms with E-state index in [1.54, 1.807) is 0 Å². The Hall–Kier alpha value is -8.08. The Kier molecular flexibility index (Phi) is 9.74. The number of para-hydroxylation sites is 3. The molecule has 0 saturated heterocycles. The van der Waals surface area contributed by atoms with Gasteiger partial charge in [-0.15, -0.1) is 0 Å². The van der Waals surface area contributed by atoms with Crippen molar-refractivity contribution < 1.29 is 13.6 Å². The van der Waals surface area contributed by atoms with Crippen LogP contribution in [0, 0.1) is 5.41 Å². The van der Waals surface area contributed by atoms with Crippen LogP contribution >= 0.6 is 0 Å². The molecule has 71 heavy (non-hydrogen) atoms. The molecule has 2 aromatic heterocycles. The third kappa shape index (κ3) is 6.79. The Morgan fingerprint density at radius 1 is 0.704 bits per heavy atom. The number of benzene rings is 7. The lowest BCUT2D eigenvalue weighted by molar-refractivity contribution is 0.132. The van der Waals surface area contributed by atoms with Gasteiger partial charge in [0.2, 0.25) is 0 Å². The first-order valence-corrected chi connectivity index (χ1v) is 25.4. The highest BCUT2D eigenvalue weighted by Crippen LogP contribution is 2.55. The van der Waals surface area contributed by atoms with Gasteiger partial charge in [-0.25, -0.2) is 0 Å². The second kappa shape index (κ2) is 16.5.